The molecule has 2 atom stereocenters. The third-order valence-electron chi connectivity index (χ3n) is 4.12. The quantitative estimate of drug-likeness (QED) is 0.365. The number of hydrogen-bond donors (Lipinski definition) is 1. The maximum Gasteiger partial charge on any atom is 0.345 e. The lowest BCUT2D eigenvalue weighted by Gasteiger charge is -2.24. The van der Waals surface area contributed by atoms with Crippen molar-refractivity contribution in [2.75, 3.05) is 19.8 Å². The number of esters is 1. The van der Waals surface area contributed by atoms with E-state index in [4.69, 9.17) is 37.2 Å². The van der Waals surface area contributed by atoms with Crippen molar-refractivity contribution in [2.45, 2.75) is 26.6 Å². The second kappa shape index (κ2) is 11.2. The third kappa shape index (κ3) is 7.60. The number of carbonyl (C=O) groups excluding carboxylic acids is 1. The highest BCUT2D eigenvalue weighted by molar-refractivity contribution is 7.39. The molecule has 0 aliphatic rings. The summed E-state index contributed by atoms with van der Waals surface area (Å²) in [5.74, 6) is -1.53. The van der Waals surface area contributed by atoms with Crippen molar-refractivity contribution in [1.82, 2.24) is 0 Å². The molecular formula is C21H25Cl2O6P. The first-order valence-corrected chi connectivity index (χ1v) is 11.4. The lowest BCUT2D eigenvalue weighted by atomic mass is 9.97. The van der Waals surface area contributed by atoms with Crippen LogP contribution in [0.2, 0.25) is 10.0 Å². The summed E-state index contributed by atoms with van der Waals surface area (Å²) in [4.78, 5) is 12.4. The summed E-state index contributed by atoms with van der Waals surface area (Å²) in [6.45, 7) is 4.96. The minimum absolute atomic E-state index is 0.0537. The van der Waals surface area contributed by atoms with Gasteiger partial charge in [-0.15, -0.1) is 0 Å². The first-order valence-electron chi connectivity index (χ1n) is 9.23. The number of aliphatic hydroxyl groups excluding tert-OH is 1. The van der Waals surface area contributed by atoms with Crippen LogP contribution in [0.1, 0.15) is 30.8 Å². The van der Waals surface area contributed by atoms with E-state index in [9.17, 15) is 14.5 Å². The van der Waals surface area contributed by atoms with E-state index in [1.165, 1.54) is 12.1 Å². The molecule has 6 nitrogen and oxygen atoms in total. The van der Waals surface area contributed by atoms with Gasteiger partial charge < -0.3 is 19.1 Å². The summed E-state index contributed by atoms with van der Waals surface area (Å²) in [5, 5.41) is 10.1. The van der Waals surface area contributed by atoms with Crippen LogP contribution < -0.4 is 4.74 Å². The predicted molar refractivity (Wildman–Crippen MR) is 118 cm³/mol. The third-order valence-corrected chi connectivity index (χ3v) is 5.95. The van der Waals surface area contributed by atoms with Gasteiger partial charge in [-0.05, 0) is 25.1 Å². The van der Waals surface area contributed by atoms with Crippen LogP contribution in [-0.4, -0.2) is 30.9 Å². The zero-order valence-electron chi connectivity index (χ0n) is 17.0. The number of benzene rings is 2. The largest absolute Gasteiger partial charge is 0.480 e. The van der Waals surface area contributed by atoms with Crippen LogP contribution in [0.5, 0.6) is 5.75 Å². The Morgan fingerprint density at radius 1 is 1.17 bits per heavy atom. The van der Waals surface area contributed by atoms with Gasteiger partial charge in [0.05, 0.1) is 18.2 Å². The van der Waals surface area contributed by atoms with Gasteiger partial charge in [-0.1, -0.05) is 66.9 Å². The molecule has 2 aromatic carbocycles. The van der Waals surface area contributed by atoms with Gasteiger partial charge in [0.1, 0.15) is 5.75 Å². The van der Waals surface area contributed by atoms with Gasteiger partial charge in [-0.3, -0.25) is 4.57 Å². The predicted octanol–water partition coefficient (Wildman–Crippen LogP) is 5.43. The normalized spacial score (nSPS) is 13.5. The molecular weight excluding hydrogens is 450 g/mol. The molecule has 164 valence electrons. The molecule has 2 aromatic rings. The highest BCUT2D eigenvalue weighted by Crippen LogP contribution is 2.44. The van der Waals surface area contributed by atoms with Crippen molar-refractivity contribution in [2.24, 2.45) is 5.41 Å². The maximum absolute atomic E-state index is 12.8. The Morgan fingerprint density at radius 3 is 2.43 bits per heavy atom. The van der Waals surface area contributed by atoms with E-state index in [-0.39, 0.29) is 24.0 Å². The smallest absolute Gasteiger partial charge is 0.345 e. The van der Waals surface area contributed by atoms with Crippen LogP contribution >= 0.6 is 31.2 Å². The molecule has 0 spiro atoms. The van der Waals surface area contributed by atoms with E-state index in [0.717, 1.165) is 5.56 Å². The van der Waals surface area contributed by atoms with Crippen molar-refractivity contribution in [3.8, 4) is 5.75 Å². The first-order chi connectivity index (χ1) is 14.1. The van der Waals surface area contributed by atoms with Crippen LogP contribution in [0.15, 0.2) is 42.5 Å². The van der Waals surface area contributed by atoms with Gasteiger partial charge >= 0.3 is 5.97 Å². The number of halogens is 2. The molecule has 1 N–H and O–H groups in total. The molecule has 0 radical (unpaired) electrons. The average Bonchev–Trinajstić information content (AvgIpc) is 2.70. The lowest BCUT2D eigenvalue weighted by molar-refractivity contribution is -0.148. The molecule has 0 fully saturated rings. The molecule has 0 saturated carbocycles. The molecule has 2 rings (SSSR count). The van der Waals surface area contributed by atoms with Gasteiger partial charge in [0.25, 0.3) is 0 Å². The summed E-state index contributed by atoms with van der Waals surface area (Å²) in [6, 6.07) is 11.7. The van der Waals surface area contributed by atoms with Crippen LogP contribution in [0, 0.1) is 12.3 Å². The second-order valence-corrected chi connectivity index (χ2v) is 9.87. The van der Waals surface area contributed by atoms with Crippen molar-refractivity contribution in [3.63, 3.8) is 0 Å². The molecule has 0 aliphatic carbocycles. The molecule has 2 unspecified atom stereocenters. The van der Waals surface area contributed by atoms with Crippen molar-refractivity contribution < 1.29 is 28.5 Å². The zero-order chi connectivity index (χ0) is 22.3. The molecule has 0 aliphatic heterocycles. The van der Waals surface area contributed by atoms with Gasteiger partial charge in [-0.25, -0.2) is 4.79 Å². The molecule has 30 heavy (non-hydrogen) atoms. The van der Waals surface area contributed by atoms with E-state index in [1.54, 1.807) is 32.0 Å². The number of aryl methyl sites for hydroxylation is 1. The summed E-state index contributed by atoms with van der Waals surface area (Å²) < 4.78 is 29.1. The van der Waals surface area contributed by atoms with Crippen LogP contribution in [-0.2, 0) is 18.6 Å². The SMILES string of the molecule is Cc1ccc(C(OC(=O)COc2ccc(Cl)cc2Cl)[PH](=O)OCC(C)(C)CO)cc1. The number of hydrogen-bond acceptors (Lipinski definition) is 6. The average molecular weight is 475 g/mol. The van der Waals surface area contributed by atoms with Gasteiger partial charge in [0.2, 0.25) is 8.03 Å². The van der Waals surface area contributed by atoms with E-state index in [0.29, 0.717) is 10.6 Å². The second-order valence-electron chi connectivity index (χ2n) is 7.57. The topological polar surface area (TPSA) is 82.1 Å². The number of ether oxygens (including phenoxy) is 2. The van der Waals surface area contributed by atoms with Gasteiger partial charge in [0, 0.05) is 16.0 Å². The molecule has 0 amide bonds. The molecule has 0 saturated heterocycles. The number of aliphatic hydroxyl groups is 1. The van der Waals surface area contributed by atoms with E-state index in [2.05, 4.69) is 0 Å². The fourth-order valence-electron chi connectivity index (χ4n) is 2.28. The monoisotopic (exact) mass is 474 g/mol. The fourth-order valence-corrected chi connectivity index (χ4v) is 4.12. The minimum Gasteiger partial charge on any atom is -0.480 e. The maximum atomic E-state index is 12.8. The Kier molecular flexibility index (Phi) is 9.20. The highest BCUT2D eigenvalue weighted by Gasteiger charge is 2.27. The highest BCUT2D eigenvalue weighted by atomic mass is 35.5. The first kappa shape index (κ1) is 24.7. The van der Waals surface area contributed by atoms with E-state index < -0.39 is 31.9 Å². The van der Waals surface area contributed by atoms with Crippen molar-refractivity contribution in [3.05, 3.63) is 63.6 Å². The zero-order valence-corrected chi connectivity index (χ0v) is 19.5. The summed E-state index contributed by atoms with van der Waals surface area (Å²) in [7, 11) is -2.83. The Morgan fingerprint density at radius 2 is 1.83 bits per heavy atom. The Bertz CT molecular complexity index is 886. The van der Waals surface area contributed by atoms with Crippen LogP contribution in [0.25, 0.3) is 0 Å². The van der Waals surface area contributed by atoms with Crippen LogP contribution in [0.4, 0.5) is 0 Å². The van der Waals surface area contributed by atoms with E-state index in [1.807, 2.05) is 19.1 Å². The number of rotatable bonds is 10. The van der Waals surface area contributed by atoms with E-state index >= 15 is 0 Å². The summed E-state index contributed by atoms with van der Waals surface area (Å²) >= 11 is 11.9. The van der Waals surface area contributed by atoms with Crippen molar-refractivity contribution in [1.29, 1.82) is 0 Å². The Hall–Kier alpha value is -1.56. The Balaban J connectivity index is 2.08. The molecule has 9 heteroatoms. The fraction of sp³-hybridized carbons (Fsp3) is 0.381. The van der Waals surface area contributed by atoms with Gasteiger partial charge in [0.15, 0.2) is 12.5 Å². The molecule has 0 aromatic heterocycles. The van der Waals surface area contributed by atoms with Crippen molar-refractivity contribution >= 4 is 37.2 Å². The summed E-state index contributed by atoms with van der Waals surface area (Å²) in [6.07, 6.45) is 0. The molecule has 0 bridgehead atoms. The Labute approximate surface area is 186 Å². The summed E-state index contributed by atoms with van der Waals surface area (Å²) in [5.41, 5.74) is 0.979. The lowest BCUT2D eigenvalue weighted by Crippen LogP contribution is -2.23. The molecule has 0 heterocycles. The van der Waals surface area contributed by atoms with Crippen LogP contribution in [0.3, 0.4) is 0 Å². The van der Waals surface area contributed by atoms with Gasteiger partial charge in [-0.2, -0.15) is 0 Å². The minimum atomic E-state index is -2.83. The number of carbonyl (C=O) groups is 1. The standard InChI is InChI=1S/C21H25Cl2O6P/c1-14-4-6-15(7-5-14)20(30(26)28-13-21(2,3)12-24)29-19(25)11-27-18-9-8-16(22)10-17(18)23/h4-10,20,24,30H,11-13H2,1-3H3.